The molecule has 0 unspecified atom stereocenters. The van der Waals surface area contributed by atoms with Gasteiger partial charge in [-0.1, -0.05) is 33.1 Å². The van der Waals surface area contributed by atoms with E-state index in [1.165, 1.54) is 77.5 Å². The maximum Gasteiger partial charge on any atom is 0.00670 e. The fraction of sp³-hybridized carbons (Fsp3) is 1.00. The van der Waals surface area contributed by atoms with Crippen LogP contribution in [-0.4, -0.2) is 37.1 Å². The highest BCUT2D eigenvalue weighted by Gasteiger charge is 2.11. The van der Waals surface area contributed by atoms with Gasteiger partial charge in [0, 0.05) is 6.04 Å². The Morgan fingerprint density at radius 3 is 2.18 bits per heavy atom. The van der Waals surface area contributed by atoms with Crippen molar-refractivity contribution in [1.82, 2.24) is 10.2 Å². The van der Waals surface area contributed by atoms with E-state index in [4.69, 9.17) is 0 Å². The van der Waals surface area contributed by atoms with Crippen molar-refractivity contribution in [3.05, 3.63) is 0 Å². The lowest BCUT2D eigenvalue weighted by Gasteiger charge is -2.24. The Hall–Kier alpha value is -0.0800. The van der Waals surface area contributed by atoms with Crippen LogP contribution >= 0.6 is 0 Å². The predicted molar refractivity (Wildman–Crippen MR) is 76.5 cm³/mol. The lowest BCUT2D eigenvalue weighted by atomic mass is 9.95. The van der Waals surface area contributed by atoms with Crippen LogP contribution in [-0.2, 0) is 0 Å². The van der Waals surface area contributed by atoms with Crippen LogP contribution in [0.4, 0.5) is 0 Å². The fourth-order valence-corrected chi connectivity index (χ4v) is 2.88. The minimum atomic E-state index is 0.828. The Morgan fingerprint density at radius 1 is 0.941 bits per heavy atom. The first-order chi connectivity index (χ1) is 8.36. The summed E-state index contributed by atoms with van der Waals surface area (Å²) >= 11 is 0. The third kappa shape index (κ3) is 7.05. The van der Waals surface area contributed by atoms with E-state index in [1.54, 1.807) is 0 Å². The van der Waals surface area contributed by atoms with Gasteiger partial charge in [-0.05, 0) is 58.3 Å². The molecule has 0 aromatic carbocycles. The van der Waals surface area contributed by atoms with Crippen LogP contribution in [0.1, 0.15) is 65.2 Å². The molecule has 1 aliphatic rings. The van der Waals surface area contributed by atoms with E-state index in [-0.39, 0.29) is 0 Å². The largest absolute Gasteiger partial charge is 0.314 e. The molecule has 1 N–H and O–H groups in total. The van der Waals surface area contributed by atoms with Crippen LogP contribution in [0.3, 0.4) is 0 Å². The zero-order chi connectivity index (χ0) is 12.3. The van der Waals surface area contributed by atoms with E-state index >= 15 is 0 Å². The molecule has 0 saturated heterocycles. The van der Waals surface area contributed by atoms with Crippen molar-refractivity contribution >= 4 is 0 Å². The van der Waals surface area contributed by atoms with E-state index in [2.05, 4.69) is 24.1 Å². The molecule has 0 aliphatic heterocycles. The number of nitrogens with zero attached hydrogens (tertiary/aromatic N) is 1. The average Bonchev–Trinajstić information content (AvgIpc) is 2.36. The van der Waals surface area contributed by atoms with Gasteiger partial charge in [-0.3, -0.25) is 0 Å². The van der Waals surface area contributed by atoms with Gasteiger partial charge in [0.1, 0.15) is 0 Å². The summed E-state index contributed by atoms with van der Waals surface area (Å²) < 4.78 is 0. The van der Waals surface area contributed by atoms with Gasteiger partial charge in [-0.15, -0.1) is 0 Å². The molecular formula is C15H32N2. The first-order valence-electron chi connectivity index (χ1n) is 7.82. The van der Waals surface area contributed by atoms with Crippen LogP contribution in [0.25, 0.3) is 0 Å². The molecule has 1 fully saturated rings. The van der Waals surface area contributed by atoms with E-state index in [9.17, 15) is 0 Å². The van der Waals surface area contributed by atoms with E-state index in [0.717, 1.165) is 6.04 Å². The molecule has 2 heteroatoms. The summed E-state index contributed by atoms with van der Waals surface area (Å²) in [5.74, 6) is 0. The lowest BCUT2D eigenvalue weighted by Crippen LogP contribution is -2.34. The van der Waals surface area contributed by atoms with E-state index in [1.807, 2.05) is 0 Å². The molecule has 102 valence electrons. The molecule has 0 spiro atoms. The SMILES string of the molecule is CCCN(CCC)CCCNC1CCCCC1. The Balaban J connectivity index is 2.00. The van der Waals surface area contributed by atoms with Gasteiger partial charge in [0.05, 0.1) is 0 Å². The maximum absolute atomic E-state index is 3.73. The highest BCUT2D eigenvalue weighted by Crippen LogP contribution is 2.17. The monoisotopic (exact) mass is 240 g/mol. The summed E-state index contributed by atoms with van der Waals surface area (Å²) in [6, 6.07) is 0.828. The normalized spacial score (nSPS) is 17.8. The van der Waals surface area contributed by atoms with Crippen molar-refractivity contribution in [2.45, 2.75) is 71.3 Å². The van der Waals surface area contributed by atoms with Crippen molar-refractivity contribution in [2.75, 3.05) is 26.2 Å². The Bertz CT molecular complexity index is 158. The zero-order valence-electron chi connectivity index (χ0n) is 12.0. The van der Waals surface area contributed by atoms with Crippen molar-refractivity contribution in [2.24, 2.45) is 0 Å². The molecule has 0 amide bonds. The fourth-order valence-electron chi connectivity index (χ4n) is 2.88. The molecule has 0 aromatic rings. The van der Waals surface area contributed by atoms with Crippen LogP contribution in [0.5, 0.6) is 0 Å². The molecule has 1 aliphatic carbocycles. The second-order valence-corrected chi connectivity index (χ2v) is 5.48. The third-order valence-electron chi connectivity index (χ3n) is 3.77. The van der Waals surface area contributed by atoms with Gasteiger partial charge in [-0.2, -0.15) is 0 Å². The van der Waals surface area contributed by atoms with Crippen LogP contribution in [0, 0.1) is 0 Å². The molecular weight excluding hydrogens is 208 g/mol. The quantitative estimate of drug-likeness (QED) is 0.621. The van der Waals surface area contributed by atoms with Gasteiger partial charge in [0.2, 0.25) is 0 Å². The van der Waals surface area contributed by atoms with E-state index in [0.29, 0.717) is 0 Å². The van der Waals surface area contributed by atoms with E-state index < -0.39 is 0 Å². The molecule has 0 atom stereocenters. The van der Waals surface area contributed by atoms with Crippen molar-refractivity contribution in [3.8, 4) is 0 Å². The molecule has 0 radical (unpaired) electrons. The molecule has 1 rings (SSSR count). The van der Waals surface area contributed by atoms with Crippen molar-refractivity contribution < 1.29 is 0 Å². The van der Waals surface area contributed by atoms with Crippen LogP contribution in [0.2, 0.25) is 0 Å². The minimum absolute atomic E-state index is 0.828. The molecule has 0 bridgehead atoms. The smallest absolute Gasteiger partial charge is 0.00670 e. The summed E-state index contributed by atoms with van der Waals surface area (Å²) in [6.07, 6.45) is 11.0. The number of hydrogen-bond donors (Lipinski definition) is 1. The number of hydrogen-bond acceptors (Lipinski definition) is 2. The van der Waals surface area contributed by atoms with Crippen molar-refractivity contribution in [1.29, 1.82) is 0 Å². The Labute approximate surface area is 108 Å². The second-order valence-electron chi connectivity index (χ2n) is 5.48. The standard InChI is InChI=1S/C15H32N2/c1-3-12-17(13-4-2)14-8-11-16-15-9-6-5-7-10-15/h15-16H,3-14H2,1-2H3. The molecule has 17 heavy (non-hydrogen) atoms. The molecule has 1 saturated carbocycles. The second kappa shape index (κ2) is 9.90. The lowest BCUT2D eigenvalue weighted by molar-refractivity contribution is 0.265. The van der Waals surface area contributed by atoms with Gasteiger partial charge >= 0.3 is 0 Å². The summed E-state index contributed by atoms with van der Waals surface area (Å²) in [5, 5.41) is 3.73. The van der Waals surface area contributed by atoms with Gasteiger partial charge in [-0.25, -0.2) is 0 Å². The number of rotatable bonds is 9. The maximum atomic E-state index is 3.73. The molecule has 0 aromatic heterocycles. The van der Waals surface area contributed by atoms with Crippen LogP contribution < -0.4 is 5.32 Å². The van der Waals surface area contributed by atoms with Gasteiger partial charge in [0.15, 0.2) is 0 Å². The first kappa shape index (κ1) is 15.0. The molecule has 0 heterocycles. The zero-order valence-corrected chi connectivity index (χ0v) is 12.0. The molecule has 2 nitrogen and oxygen atoms in total. The third-order valence-corrected chi connectivity index (χ3v) is 3.77. The summed E-state index contributed by atoms with van der Waals surface area (Å²) in [5.41, 5.74) is 0. The van der Waals surface area contributed by atoms with Gasteiger partial charge in [0.25, 0.3) is 0 Å². The summed E-state index contributed by atoms with van der Waals surface area (Å²) in [4.78, 5) is 2.61. The summed E-state index contributed by atoms with van der Waals surface area (Å²) in [7, 11) is 0. The Kier molecular flexibility index (Phi) is 8.72. The highest BCUT2D eigenvalue weighted by molar-refractivity contribution is 4.71. The average molecular weight is 240 g/mol. The minimum Gasteiger partial charge on any atom is -0.314 e. The Morgan fingerprint density at radius 2 is 1.59 bits per heavy atom. The van der Waals surface area contributed by atoms with Crippen LogP contribution in [0.15, 0.2) is 0 Å². The predicted octanol–water partition coefficient (Wildman–Crippen LogP) is 3.42. The first-order valence-corrected chi connectivity index (χ1v) is 7.82. The highest BCUT2D eigenvalue weighted by atomic mass is 15.1. The topological polar surface area (TPSA) is 15.3 Å². The summed E-state index contributed by atoms with van der Waals surface area (Å²) in [6.45, 7) is 9.61. The van der Waals surface area contributed by atoms with Gasteiger partial charge < -0.3 is 10.2 Å². The van der Waals surface area contributed by atoms with Crippen molar-refractivity contribution in [3.63, 3.8) is 0 Å². The number of nitrogens with one attached hydrogen (secondary N) is 1.